The van der Waals surface area contributed by atoms with Gasteiger partial charge in [0.15, 0.2) is 11.5 Å². The lowest BCUT2D eigenvalue weighted by Gasteiger charge is -2.28. The third-order valence-corrected chi connectivity index (χ3v) is 5.29. The summed E-state index contributed by atoms with van der Waals surface area (Å²) >= 11 is 0.825. The average molecular weight is 420 g/mol. The SMILES string of the molecule is COc1cc(C=C2SC(=O)N(CC(=O)N3CCOCC3)C2=O)ccc1OC(C)C. The van der Waals surface area contributed by atoms with Gasteiger partial charge in [-0.25, -0.2) is 0 Å². The first-order chi connectivity index (χ1) is 13.9. The largest absolute Gasteiger partial charge is 0.493 e. The van der Waals surface area contributed by atoms with E-state index in [9.17, 15) is 14.4 Å². The van der Waals surface area contributed by atoms with Crippen LogP contribution in [0.1, 0.15) is 19.4 Å². The smallest absolute Gasteiger partial charge is 0.294 e. The van der Waals surface area contributed by atoms with Crippen molar-refractivity contribution in [3.05, 3.63) is 28.7 Å². The third kappa shape index (κ3) is 5.10. The molecule has 0 saturated carbocycles. The summed E-state index contributed by atoms with van der Waals surface area (Å²) in [5.41, 5.74) is 0.697. The van der Waals surface area contributed by atoms with Crippen LogP contribution in [0.2, 0.25) is 0 Å². The molecule has 0 radical (unpaired) electrons. The van der Waals surface area contributed by atoms with Gasteiger partial charge in [-0.3, -0.25) is 19.3 Å². The van der Waals surface area contributed by atoms with E-state index in [0.717, 1.165) is 16.7 Å². The summed E-state index contributed by atoms with van der Waals surface area (Å²) in [4.78, 5) is 40.2. The fourth-order valence-electron chi connectivity index (χ4n) is 2.96. The van der Waals surface area contributed by atoms with Crippen LogP contribution in [0.5, 0.6) is 11.5 Å². The first kappa shape index (κ1) is 21.2. The lowest BCUT2D eigenvalue weighted by Crippen LogP contribution is -2.46. The number of carbonyl (C=O) groups is 3. The summed E-state index contributed by atoms with van der Waals surface area (Å²) in [6.07, 6.45) is 1.61. The van der Waals surface area contributed by atoms with E-state index in [2.05, 4.69) is 0 Å². The van der Waals surface area contributed by atoms with E-state index in [1.54, 1.807) is 29.2 Å². The molecule has 2 saturated heterocycles. The molecule has 2 aliphatic heterocycles. The zero-order chi connectivity index (χ0) is 21.0. The Morgan fingerprint density at radius 2 is 1.97 bits per heavy atom. The molecular formula is C20H24N2O6S. The second-order valence-electron chi connectivity index (χ2n) is 6.84. The second kappa shape index (κ2) is 9.32. The number of hydrogen-bond acceptors (Lipinski definition) is 7. The molecule has 0 N–H and O–H groups in total. The summed E-state index contributed by atoms with van der Waals surface area (Å²) in [5, 5.41) is -0.449. The molecule has 8 nitrogen and oxygen atoms in total. The number of benzene rings is 1. The fourth-order valence-corrected chi connectivity index (χ4v) is 3.80. The minimum Gasteiger partial charge on any atom is -0.493 e. The van der Waals surface area contributed by atoms with Crippen molar-refractivity contribution < 1.29 is 28.6 Å². The van der Waals surface area contributed by atoms with Crippen molar-refractivity contribution in [1.29, 1.82) is 0 Å². The van der Waals surface area contributed by atoms with E-state index in [1.807, 2.05) is 13.8 Å². The summed E-state index contributed by atoms with van der Waals surface area (Å²) in [7, 11) is 1.54. The monoisotopic (exact) mass is 420 g/mol. The van der Waals surface area contributed by atoms with Crippen molar-refractivity contribution in [3.8, 4) is 11.5 Å². The number of hydrogen-bond donors (Lipinski definition) is 0. The Kier molecular flexibility index (Phi) is 6.81. The van der Waals surface area contributed by atoms with Gasteiger partial charge in [-0.2, -0.15) is 0 Å². The normalized spacial score (nSPS) is 18.7. The molecule has 3 rings (SSSR count). The van der Waals surface area contributed by atoms with Gasteiger partial charge in [-0.1, -0.05) is 6.07 Å². The van der Waals surface area contributed by atoms with Crippen molar-refractivity contribution in [3.63, 3.8) is 0 Å². The molecule has 3 amide bonds. The Balaban J connectivity index is 1.73. The molecule has 1 aromatic rings. The van der Waals surface area contributed by atoms with Crippen LogP contribution in [0.25, 0.3) is 6.08 Å². The lowest BCUT2D eigenvalue weighted by molar-refractivity contribution is -0.139. The van der Waals surface area contributed by atoms with Gasteiger partial charge in [0.05, 0.1) is 31.3 Å². The quantitative estimate of drug-likeness (QED) is 0.653. The highest BCUT2D eigenvalue weighted by Crippen LogP contribution is 2.34. The first-order valence-corrected chi connectivity index (χ1v) is 10.2. The zero-order valence-corrected chi connectivity index (χ0v) is 17.5. The van der Waals surface area contributed by atoms with E-state index in [0.29, 0.717) is 43.4 Å². The molecule has 2 heterocycles. The molecular weight excluding hydrogens is 396 g/mol. The van der Waals surface area contributed by atoms with Crippen molar-refractivity contribution in [1.82, 2.24) is 9.80 Å². The van der Waals surface area contributed by atoms with Crippen LogP contribution in [0.3, 0.4) is 0 Å². The van der Waals surface area contributed by atoms with Crippen LogP contribution in [-0.2, 0) is 14.3 Å². The van der Waals surface area contributed by atoms with Gasteiger partial charge >= 0.3 is 0 Å². The number of thioether (sulfide) groups is 1. The van der Waals surface area contributed by atoms with Gasteiger partial charge in [0.1, 0.15) is 6.54 Å². The maximum absolute atomic E-state index is 12.7. The van der Waals surface area contributed by atoms with Crippen LogP contribution >= 0.6 is 11.8 Å². The van der Waals surface area contributed by atoms with Crippen LogP contribution in [0.4, 0.5) is 4.79 Å². The summed E-state index contributed by atoms with van der Waals surface area (Å²) in [5.74, 6) is 0.412. The predicted octanol–water partition coefficient (Wildman–Crippen LogP) is 2.38. The Hall–Kier alpha value is -2.52. The van der Waals surface area contributed by atoms with Gasteiger partial charge in [-0.15, -0.1) is 0 Å². The number of ether oxygens (including phenoxy) is 3. The minimum atomic E-state index is -0.469. The van der Waals surface area contributed by atoms with Crippen molar-refractivity contribution in [2.24, 2.45) is 0 Å². The molecule has 2 aliphatic rings. The van der Waals surface area contributed by atoms with E-state index in [4.69, 9.17) is 14.2 Å². The average Bonchev–Trinajstić information content (AvgIpc) is 2.96. The molecule has 29 heavy (non-hydrogen) atoms. The van der Waals surface area contributed by atoms with Gasteiger partial charge < -0.3 is 19.1 Å². The molecule has 0 unspecified atom stereocenters. The first-order valence-electron chi connectivity index (χ1n) is 9.34. The van der Waals surface area contributed by atoms with Crippen LogP contribution < -0.4 is 9.47 Å². The zero-order valence-electron chi connectivity index (χ0n) is 16.7. The summed E-state index contributed by atoms with van der Waals surface area (Å²) < 4.78 is 16.3. The Bertz CT molecular complexity index is 832. The van der Waals surface area contributed by atoms with E-state index in [-0.39, 0.29) is 23.5 Å². The fraction of sp³-hybridized carbons (Fsp3) is 0.450. The number of carbonyl (C=O) groups excluding carboxylic acids is 3. The predicted molar refractivity (Wildman–Crippen MR) is 109 cm³/mol. The maximum Gasteiger partial charge on any atom is 0.294 e. The van der Waals surface area contributed by atoms with Crippen molar-refractivity contribution in [2.75, 3.05) is 40.0 Å². The molecule has 0 bridgehead atoms. The van der Waals surface area contributed by atoms with Crippen LogP contribution in [-0.4, -0.2) is 72.9 Å². The molecule has 0 aromatic heterocycles. The molecule has 9 heteroatoms. The van der Waals surface area contributed by atoms with Crippen LogP contribution in [0, 0.1) is 0 Å². The Labute approximate surface area is 173 Å². The number of morpholine rings is 1. The highest BCUT2D eigenvalue weighted by Gasteiger charge is 2.37. The molecule has 2 fully saturated rings. The second-order valence-corrected chi connectivity index (χ2v) is 7.83. The van der Waals surface area contributed by atoms with Gasteiger partial charge in [0.2, 0.25) is 5.91 Å². The topological polar surface area (TPSA) is 85.4 Å². The van der Waals surface area contributed by atoms with E-state index < -0.39 is 11.1 Å². The number of nitrogens with zero attached hydrogens (tertiary/aromatic N) is 2. The third-order valence-electron chi connectivity index (χ3n) is 4.38. The summed E-state index contributed by atoms with van der Waals surface area (Å²) in [6.45, 7) is 5.44. The van der Waals surface area contributed by atoms with Crippen molar-refractivity contribution in [2.45, 2.75) is 20.0 Å². The number of amides is 3. The van der Waals surface area contributed by atoms with Crippen molar-refractivity contribution >= 4 is 34.9 Å². The Morgan fingerprint density at radius 1 is 1.24 bits per heavy atom. The number of rotatable bonds is 6. The molecule has 156 valence electrons. The highest BCUT2D eigenvalue weighted by molar-refractivity contribution is 8.18. The minimum absolute atomic E-state index is 0.00440. The van der Waals surface area contributed by atoms with Gasteiger partial charge in [-0.05, 0) is 49.4 Å². The molecule has 1 aromatic carbocycles. The maximum atomic E-state index is 12.7. The molecule has 0 spiro atoms. The standard InChI is InChI=1S/C20H24N2O6S/c1-13(2)28-15-5-4-14(10-16(15)26-3)11-17-19(24)22(20(25)29-17)12-18(23)21-6-8-27-9-7-21/h4-5,10-11,13H,6-9,12H2,1-3H3. The van der Waals surface area contributed by atoms with Gasteiger partial charge in [0, 0.05) is 13.1 Å². The number of methoxy groups -OCH3 is 1. The Morgan fingerprint density at radius 3 is 2.62 bits per heavy atom. The van der Waals surface area contributed by atoms with Gasteiger partial charge in [0.25, 0.3) is 11.1 Å². The number of imide groups is 1. The molecule has 0 atom stereocenters. The summed E-state index contributed by atoms with van der Waals surface area (Å²) in [6, 6.07) is 5.29. The highest BCUT2D eigenvalue weighted by atomic mass is 32.2. The van der Waals surface area contributed by atoms with E-state index in [1.165, 1.54) is 7.11 Å². The molecule has 0 aliphatic carbocycles. The van der Waals surface area contributed by atoms with E-state index >= 15 is 0 Å². The lowest BCUT2D eigenvalue weighted by atomic mass is 10.2. The van der Waals surface area contributed by atoms with Crippen LogP contribution in [0.15, 0.2) is 23.1 Å².